The van der Waals surface area contributed by atoms with E-state index in [1.165, 1.54) is 18.2 Å². The Labute approximate surface area is 125 Å². The third-order valence-corrected chi connectivity index (χ3v) is 5.26. The van der Waals surface area contributed by atoms with Crippen molar-refractivity contribution in [2.45, 2.75) is 31.2 Å². The minimum absolute atomic E-state index is 0.0934. The summed E-state index contributed by atoms with van der Waals surface area (Å²) in [5.74, 6) is 0.171. The van der Waals surface area contributed by atoms with Gasteiger partial charge in [-0.15, -0.1) is 0 Å². The molecular weight excluding hydrogens is 293 g/mol. The number of ether oxygens (including phenoxy) is 1. The molecule has 0 saturated carbocycles. The predicted octanol–water partition coefficient (Wildman–Crippen LogP) is 2.31. The third-order valence-electron chi connectivity index (χ3n) is 3.45. The molecule has 0 amide bonds. The van der Waals surface area contributed by atoms with Gasteiger partial charge in [0.05, 0.1) is 17.3 Å². The van der Waals surface area contributed by atoms with E-state index in [1.54, 1.807) is 0 Å². The van der Waals surface area contributed by atoms with E-state index in [2.05, 4.69) is 19.2 Å². The summed E-state index contributed by atoms with van der Waals surface area (Å²) in [6, 6.07) is 3.74. The molecule has 0 aliphatic carbocycles. The Hall–Kier alpha value is -0.980. The maximum absolute atomic E-state index is 13.4. The van der Waals surface area contributed by atoms with Crippen LogP contribution in [0.4, 0.5) is 4.39 Å². The standard InChI is InChI=1S/C15H22FNO3S/c1-11(2)10-20-7-6-17-14-5-8-21(18,19)15-4-3-12(16)9-13(14)15/h3-4,9,11,14,17H,5-8,10H2,1-2H3. The second-order valence-electron chi connectivity index (χ2n) is 5.77. The zero-order valence-corrected chi connectivity index (χ0v) is 13.2. The van der Waals surface area contributed by atoms with Crippen molar-refractivity contribution >= 4 is 9.84 Å². The summed E-state index contributed by atoms with van der Waals surface area (Å²) in [5, 5.41) is 3.26. The molecule has 118 valence electrons. The monoisotopic (exact) mass is 315 g/mol. The van der Waals surface area contributed by atoms with Crippen molar-refractivity contribution in [1.29, 1.82) is 0 Å². The molecule has 1 aliphatic heterocycles. The van der Waals surface area contributed by atoms with E-state index < -0.39 is 15.7 Å². The molecule has 0 bridgehead atoms. The Morgan fingerprint density at radius 3 is 2.90 bits per heavy atom. The van der Waals surface area contributed by atoms with Gasteiger partial charge in [-0.3, -0.25) is 0 Å². The highest BCUT2D eigenvalue weighted by atomic mass is 32.2. The average molecular weight is 315 g/mol. The van der Waals surface area contributed by atoms with Crippen LogP contribution in [-0.2, 0) is 14.6 Å². The highest BCUT2D eigenvalue weighted by molar-refractivity contribution is 7.91. The smallest absolute Gasteiger partial charge is 0.178 e. The van der Waals surface area contributed by atoms with Gasteiger partial charge in [-0.1, -0.05) is 13.8 Å². The molecule has 1 N–H and O–H groups in total. The second-order valence-corrected chi connectivity index (χ2v) is 7.84. The number of hydrogen-bond donors (Lipinski definition) is 1. The van der Waals surface area contributed by atoms with Gasteiger partial charge in [-0.25, -0.2) is 12.8 Å². The van der Waals surface area contributed by atoms with Gasteiger partial charge in [-0.05, 0) is 36.1 Å². The largest absolute Gasteiger partial charge is 0.380 e. The number of hydrogen-bond acceptors (Lipinski definition) is 4. The quantitative estimate of drug-likeness (QED) is 0.646. The molecule has 6 heteroatoms. The van der Waals surface area contributed by atoms with Crippen LogP contribution >= 0.6 is 0 Å². The summed E-state index contributed by atoms with van der Waals surface area (Å²) in [6.45, 7) is 6.04. The topological polar surface area (TPSA) is 55.4 Å². The van der Waals surface area contributed by atoms with Crippen LogP contribution in [0.1, 0.15) is 31.9 Å². The lowest BCUT2D eigenvalue weighted by Gasteiger charge is -2.26. The maximum atomic E-state index is 13.4. The minimum Gasteiger partial charge on any atom is -0.380 e. The predicted molar refractivity (Wildman–Crippen MR) is 79.5 cm³/mol. The van der Waals surface area contributed by atoms with Gasteiger partial charge in [-0.2, -0.15) is 0 Å². The summed E-state index contributed by atoms with van der Waals surface area (Å²) in [4.78, 5) is 0.246. The lowest BCUT2D eigenvalue weighted by molar-refractivity contribution is 0.110. The van der Waals surface area contributed by atoms with Crippen LogP contribution in [0.15, 0.2) is 23.1 Å². The minimum atomic E-state index is -3.28. The highest BCUT2D eigenvalue weighted by Crippen LogP contribution is 2.32. The van der Waals surface area contributed by atoms with Crippen LogP contribution in [0.25, 0.3) is 0 Å². The summed E-state index contributed by atoms with van der Waals surface area (Å²) in [5.41, 5.74) is 0.533. The van der Waals surface area contributed by atoms with Gasteiger partial charge in [0.15, 0.2) is 9.84 Å². The van der Waals surface area contributed by atoms with Crippen LogP contribution < -0.4 is 5.32 Å². The first kappa shape index (κ1) is 16.4. The van der Waals surface area contributed by atoms with Crippen LogP contribution in [0.2, 0.25) is 0 Å². The van der Waals surface area contributed by atoms with Crippen molar-refractivity contribution in [2.75, 3.05) is 25.5 Å². The first-order valence-electron chi connectivity index (χ1n) is 7.23. The molecule has 21 heavy (non-hydrogen) atoms. The molecule has 2 rings (SSSR count). The Morgan fingerprint density at radius 2 is 2.19 bits per heavy atom. The number of fused-ring (bicyclic) bond motifs is 1. The van der Waals surface area contributed by atoms with Crippen LogP contribution in [-0.4, -0.2) is 33.9 Å². The van der Waals surface area contributed by atoms with Crippen LogP contribution in [0.3, 0.4) is 0 Å². The number of halogens is 1. The van der Waals surface area contributed by atoms with E-state index in [0.717, 1.165) is 0 Å². The Kier molecular flexibility index (Phi) is 5.35. The van der Waals surface area contributed by atoms with E-state index in [0.29, 0.717) is 37.7 Å². The fourth-order valence-corrected chi connectivity index (χ4v) is 4.05. The second kappa shape index (κ2) is 6.85. The molecule has 4 nitrogen and oxygen atoms in total. The molecular formula is C15H22FNO3S. The van der Waals surface area contributed by atoms with Crippen molar-refractivity contribution in [3.05, 3.63) is 29.6 Å². The highest BCUT2D eigenvalue weighted by Gasteiger charge is 2.30. The fourth-order valence-electron chi connectivity index (χ4n) is 2.45. The Morgan fingerprint density at radius 1 is 1.43 bits per heavy atom. The third kappa shape index (κ3) is 4.25. The van der Waals surface area contributed by atoms with Gasteiger partial charge >= 0.3 is 0 Å². The van der Waals surface area contributed by atoms with Gasteiger partial charge in [0, 0.05) is 19.2 Å². The van der Waals surface area contributed by atoms with Crippen LogP contribution in [0, 0.1) is 11.7 Å². The van der Waals surface area contributed by atoms with Crippen LogP contribution in [0.5, 0.6) is 0 Å². The normalized spacial score (nSPS) is 20.5. The van der Waals surface area contributed by atoms with Gasteiger partial charge in [0.25, 0.3) is 0 Å². The van der Waals surface area contributed by atoms with Crippen molar-refractivity contribution in [2.24, 2.45) is 5.92 Å². The SMILES string of the molecule is CC(C)COCCNC1CCS(=O)(=O)c2ccc(F)cc21. The fraction of sp³-hybridized carbons (Fsp3) is 0.600. The molecule has 1 aromatic carbocycles. The number of sulfone groups is 1. The maximum Gasteiger partial charge on any atom is 0.178 e. The zero-order chi connectivity index (χ0) is 15.5. The first-order valence-corrected chi connectivity index (χ1v) is 8.88. The summed E-state index contributed by atoms with van der Waals surface area (Å²) >= 11 is 0. The molecule has 1 heterocycles. The van der Waals surface area contributed by atoms with Gasteiger partial charge in [0.1, 0.15) is 5.82 Å². The number of benzene rings is 1. The molecule has 1 aliphatic rings. The molecule has 0 fully saturated rings. The Balaban J connectivity index is 2.01. The molecule has 0 aromatic heterocycles. The van der Waals surface area contributed by atoms with E-state index in [-0.39, 0.29) is 16.7 Å². The van der Waals surface area contributed by atoms with E-state index in [4.69, 9.17) is 4.74 Å². The van der Waals surface area contributed by atoms with Crippen molar-refractivity contribution in [1.82, 2.24) is 5.32 Å². The molecule has 1 unspecified atom stereocenters. The first-order chi connectivity index (χ1) is 9.90. The van der Waals surface area contributed by atoms with Crippen molar-refractivity contribution < 1.29 is 17.5 Å². The van der Waals surface area contributed by atoms with Gasteiger partial charge < -0.3 is 10.1 Å². The van der Waals surface area contributed by atoms with Gasteiger partial charge in [0.2, 0.25) is 0 Å². The number of nitrogens with one attached hydrogen (secondary N) is 1. The lowest BCUT2D eigenvalue weighted by Crippen LogP contribution is -2.32. The van der Waals surface area contributed by atoms with E-state index >= 15 is 0 Å². The van der Waals surface area contributed by atoms with Crippen molar-refractivity contribution in [3.63, 3.8) is 0 Å². The van der Waals surface area contributed by atoms with E-state index in [1.807, 2.05) is 0 Å². The van der Waals surface area contributed by atoms with Crippen molar-refractivity contribution in [3.8, 4) is 0 Å². The number of rotatable bonds is 6. The summed E-state index contributed by atoms with van der Waals surface area (Å²) in [6.07, 6.45) is 0.461. The summed E-state index contributed by atoms with van der Waals surface area (Å²) < 4.78 is 42.9. The molecule has 0 spiro atoms. The molecule has 1 aromatic rings. The Bertz CT molecular complexity index is 587. The summed E-state index contributed by atoms with van der Waals surface area (Å²) in [7, 11) is -3.28. The average Bonchev–Trinajstić information content (AvgIpc) is 2.40. The molecule has 0 saturated heterocycles. The molecule has 1 atom stereocenters. The lowest BCUT2D eigenvalue weighted by atomic mass is 10.0. The van der Waals surface area contributed by atoms with E-state index in [9.17, 15) is 12.8 Å². The molecule has 0 radical (unpaired) electrons. The zero-order valence-electron chi connectivity index (χ0n) is 12.4.